The minimum absolute atomic E-state index is 0.00880. The summed E-state index contributed by atoms with van der Waals surface area (Å²) < 4.78 is 7.64. The molecule has 0 saturated carbocycles. The van der Waals surface area contributed by atoms with Crippen molar-refractivity contribution in [1.29, 1.82) is 0 Å². The maximum atomic E-state index is 13.1. The van der Waals surface area contributed by atoms with Crippen molar-refractivity contribution >= 4 is 5.91 Å². The number of hydrogen-bond acceptors (Lipinski definition) is 3. The van der Waals surface area contributed by atoms with E-state index in [-0.39, 0.29) is 23.6 Å². The van der Waals surface area contributed by atoms with Crippen LogP contribution < -0.4 is 0 Å². The van der Waals surface area contributed by atoms with Gasteiger partial charge in [-0.2, -0.15) is 5.10 Å². The van der Waals surface area contributed by atoms with E-state index in [0.717, 1.165) is 5.56 Å². The highest BCUT2D eigenvalue weighted by atomic mass is 16.5. The Morgan fingerprint density at radius 2 is 1.96 bits per heavy atom. The first-order valence-electron chi connectivity index (χ1n) is 8.39. The quantitative estimate of drug-likeness (QED) is 0.851. The Kier molecular flexibility index (Phi) is 4.45. The van der Waals surface area contributed by atoms with Crippen LogP contribution in [0, 0.1) is 0 Å². The first-order chi connectivity index (χ1) is 11.4. The van der Waals surface area contributed by atoms with Crippen LogP contribution in [0.5, 0.6) is 0 Å². The molecule has 1 amide bonds. The van der Waals surface area contributed by atoms with Crippen molar-refractivity contribution < 1.29 is 9.53 Å². The van der Waals surface area contributed by atoms with Crippen LogP contribution in [0.4, 0.5) is 0 Å². The van der Waals surface area contributed by atoms with Gasteiger partial charge in [0.25, 0.3) is 5.91 Å². The van der Waals surface area contributed by atoms with Crippen molar-refractivity contribution in [3.05, 3.63) is 53.9 Å². The second kappa shape index (κ2) is 6.40. The van der Waals surface area contributed by atoms with Gasteiger partial charge in [0.2, 0.25) is 0 Å². The van der Waals surface area contributed by atoms with E-state index in [1.165, 1.54) is 0 Å². The van der Waals surface area contributed by atoms with Gasteiger partial charge in [-0.25, -0.2) is 0 Å². The van der Waals surface area contributed by atoms with E-state index in [1.807, 2.05) is 53.0 Å². The lowest BCUT2D eigenvalue weighted by atomic mass is 10.0. The number of morpholine rings is 1. The van der Waals surface area contributed by atoms with Gasteiger partial charge in [0.1, 0.15) is 0 Å². The molecule has 1 aliphatic heterocycles. The van der Waals surface area contributed by atoms with Crippen LogP contribution >= 0.6 is 0 Å². The Morgan fingerprint density at radius 3 is 2.58 bits per heavy atom. The second-order valence-electron chi connectivity index (χ2n) is 7.37. The maximum absolute atomic E-state index is 13.1. The molecule has 2 atom stereocenters. The lowest BCUT2D eigenvalue weighted by Gasteiger charge is -2.38. The number of carbonyl (C=O) groups is 1. The average Bonchev–Trinajstić information content (AvgIpc) is 3.05. The van der Waals surface area contributed by atoms with Crippen LogP contribution in [0.1, 0.15) is 49.7 Å². The number of rotatable bonds is 2. The lowest BCUT2D eigenvalue weighted by Crippen LogP contribution is -2.46. The number of hydrogen-bond donors (Lipinski definition) is 0. The van der Waals surface area contributed by atoms with E-state index in [1.54, 1.807) is 6.20 Å². The molecule has 1 saturated heterocycles. The molecule has 5 nitrogen and oxygen atoms in total. The summed E-state index contributed by atoms with van der Waals surface area (Å²) in [5.41, 5.74) is 1.58. The summed E-state index contributed by atoms with van der Waals surface area (Å²) in [4.78, 5) is 15.0. The van der Waals surface area contributed by atoms with E-state index in [4.69, 9.17) is 4.74 Å². The topological polar surface area (TPSA) is 47.4 Å². The molecule has 1 aromatic heterocycles. The van der Waals surface area contributed by atoms with Crippen molar-refractivity contribution in [2.75, 3.05) is 13.2 Å². The molecule has 5 heteroatoms. The van der Waals surface area contributed by atoms with Crippen molar-refractivity contribution in [2.24, 2.45) is 0 Å². The third kappa shape index (κ3) is 3.36. The highest BCUT2D eigenvalue weighted by molar-refractivity contribution is 5.94. The van der Waals surface area contributed by atoms with E-state index in [0.29, 0.717) is 18.7 Å². The average molecular weight is 327 g/mol. The molecule has 0 N–H and O–H groups in total. The number of ether oxygens (including phenoxy) is 1. The zero-order chi connectivity index (χ0) is 17.3. The molecule has 2 aromatic rings. The molecular formula is C19H25N3O2. The smallest absolute Gasteiger partial charge is 0.257 e. The van der Waals surface area contributed by atoms with Gasteiger partial charge < -0.3 is 9.64 Å². The SMILES string of the molecule is C[C@@H]1CN(C(=O)c2cnn(C(C)(C)C)c2)[C@H](c2ccccc2)CO1. The molecule has 24 heavy (non-hydrogen) atoms. The molecule has 2 heterocycles. The minimum Gasteiger partial charge on any atom is -0.374 e. The fraction of sp³-hybridized carbons (Fsp3) is 0.474. The summed E-state index contributed by atoms with van der Waals surface area (Å²) >= 11 is 0. The summed E-state index contributed by atoms with van der Waals surface area (Å²) in [5.74, 6) is 0.00880. The van der Waals surface area contributed by atoms with Crippen LogP contribution in [0.15, 0.2) is 42.7 Å². The standard InChI is InChI=1S/C19H25N3O2/c1-14-11-21(17(13-24-14)15-8-6-5-7-9-15)18(23)16-10-20-22(12-16)19(2,3)4/h5-10,12,14,17H,11,13H2,1-4H3/t14-,17+/m1/s1. The third-order valence-electron chi connectivity index (χ3n) is 4.33. The van der Waals surface area contributed by atoms with Gasteiger partial charge in [0.05, 0.1) is 36.1 Å². The van der Waals surface area contributed by atoms with Crippen LogP contribution in [0.3, 0.4) is 0 Å². The third-order valence-corrected chi connectivity index (χ3v) is 4.33. The van der Waals surface area contributed by atoms with Gasteiger partial charge in [0, 0.05) is 12.7 Å². The van der Waals surface area contributed by atoms with E-state index < -0.39 is 0 Å². The predicted molar refractivity (Wildman–Crippen MR) is 92.9 cm³/mol. The second-order valence-corrected chi connectivity index (χ2v) is 7.37. The fourth-order valence-electron chi connectivity index (χ4n) is 2.94. The van der Waals surface area contributed by atoms with Crippen molar-refractivity contribution in [1.82, 2.24) is 14.7 Å². The fourth-order valence-corrected chi connectivity index (χ4v) is 2.94. The maximum Gasteiger partial charge on any atom is 0.257 e. The highest BCUT2D eigenvalue weighted by Crippen LogP contribution is 2.28. The van der Waals surface area contributed by atoms with Crippen molar-refractivity contribution in [3.63, 3.8) is 0 Å². The first-order valence-corrected chi connectivity index (χ1v) is 8.39. The first kappa shape index (κ1) is 16.7. The Morgan fingerprint density at radius 1 is 1.25 bits per heavy atom. The highest BCUT2D eigenvalue weighted by Gasteiger charge is 2.33. The molecular weight excluding hydrogens is 302 g/mol. The number of aromatic nitrogens is 2. The Balaban J connectivity index is 1.88. The van der Waals surface area contributed by atoms with Gasteiger partial charge in [-0.05, 0) is 33.3 Å². The molecule has 1 aromatic carbocycles. The van der Waals surface area contributed by atoms with Crippen LogP contribution in [0.25, 0.3) is 0 Å². The molecule has 1 aliphatic rings. The van der Waals surface area contributed by atoms with E-state index >= 15 is 0 Å². The lowest BCUT2D eigenvalue weighted by molar-refractivity contribution is -0.0447. The largest absolute Gasteiger partial charge is 0.374 e. The van der Waals surface area contributed by atoms with Gasteiger partial charge in [0.15, 0.2) is 0 Å². The van der Waals surface area contributed by atoms with Crippen molar-refractivity contribution in [2.45, 2.75) is 45.4 Å². The monoisotopic (exact) mass is 327 g/mol. The molecule has 1 fully saturated rings. The minimum atomic E-state index is -0.143. The summed E-state index contributed by atoms with van der Waals surface area (Å²) in [5, 5.41) is 4.36. The summed E-state index contributed by atoms with van der Waals surface area (Å²) in [6.07, 6.45) is 3.53. The zero-order valence-corrected chi connectivity index (χ0v) is 14.8. The number of nitrogens with zero attached hydrogens (tertiary/aromatic N) is 3. The molecule has 0 bridgehead atoms. The van der Waals surface area contributed by atoms with Crippen LogP contribution in [-0.2, 0) is 10.3 Å². The normalized spacial score (nSPS) is 21.8. The van der Waals surface area contributed by atoms with Gasteiger partial charge in [-0.15, -0.1) is 0 Å². The van der Waals surface area contributed by atoms with Crippen molar-refractivity contribution in [3.8, 4) is 0 Å². The molecule has 0 spiro atoms. The molecule has 0 aliphatic carbocycles. The summed E-state index contributed by atoms with van der Waals surface area (Å²) in [6.45, 7) is 9.30. The molecule has 128 valence electrons. The van der Waals surface area contributed by atoms with Gasteiger partial charge in [-0.3, -0.25) is 9.48 Å². The van der Waals surface area contributed by atoms with Crippen LogP contribution in [0.2, 0.25) is 0 Å². The summed E-state index contributed by atoms with van der Waals surface area (Å²) in [7, 11) is 0. The molecule has 0 unspecified atom stereocenters. The summed E-state index contributed by atoms with van der Waals surface area (Å²) in [6, 6.07) is 10.00. The molecule has 0 radical (unpaired) electrons. The molecule has 3 rings (SSSR count). The predicted octanol–water partition coefficient (Wildman–Crippen LogP) is 3.24. The van der Waals surface area contributed by atoms with E-state index in [9.17, 15) is 4.79 Å². The van der Waals surface area contributed by atoms with Gasteiger partial charge in [-0.1, -0.05) is 30.3 Å². The zero-order valence-electron chi connectivity index (χ0n) is 14.8. The number of benzene rings is 1. The Labute approximate surface area is 143 Å². The van der Waals surface area contributed by atoms with Crippen LogP contribution in [-0.4, -0.2) is 39.8 Å². The van der Waals surface area contributed by atoms with E-state index in [2.05, 4.69) is 25.9 Å². The van der Waals surface area contributed by atoms with Gasteiger partial charge >= 0.3 is 0 Å². The number of carbonyl (C=O) groups excluding carboxylic acids is 1. The Hall–Kier alpha value is -2.14. The number of amides is 1. The Bertz CT molecular complexity index is 703.